The third-order valence-corrected chi connectivity index (χ3v) is 5.31. The van der Waals surface area contributed by atoms with Gasteiger partial charge in [0, 0.05) is 42.9 Å². The number of nitrogens with one attached hydrogen (secondary N) is 1. The molecule has 0 aliphatic carbocycles. The van der Waals surface area contributed by atoms with E-state index in [-0.39, 0.29) is 11.9 Å². The Kier molecular flexibility index (Phi) is 5.65. The van der Waals surface area contributed by atoms with E-state index >= 15 is 0 Å². The molecule has 7 heteroatoms. The van der Waals surface area contributed by atoms with Crippen molar-refractivity contribution in [1.29, 1.82) is 0 Å². The standard InChI is InChI=1S/C17H24N4O2S/c1-13-3-4-16(24-13)17(23)19-14-5-9-20(10-6-14)11-15(22)12-21-8-2-7-18-21/h2-4,7-8,14-15,22H,5-6,9-12H2,1H3,(H,19,23). The maximum absolute atomic E-state index is 12.2. The van der Waals surface area contributed by atoms with Crippen LogP contribution in [0.4, 0.5) is 0 Å². The first-order chi connectivity index (χ1) is 11.6. The average molecular weight is 348 g/mol. The zero-order chi connectivity index (χ0) is 16.9. The Balaban J connectivity index is 1.40. The number of hydrogen-bond acceptors (Lipinski definition) is 5. The van der Waals surface area contributed by atoms with Crippen LogP contribution in [0.3, 0.4) is 0 Å². The third-order valence-electron chi connectivity index (χ3n) is 4.31. The van der Waals surface area contributed by atoms with E-state index in [0.29, 0.717) is 13.1 Å². The van der Waals surface area contributed by atoms with Crippen molar-refractivity contribution in [3.05, 3.63) is 40.3 Å². The molecule has 0 aromatic carbocycles. The monoisotopic (exact) mass is 348 g/mol. The Hall–Kier alpha value is -1.70. The molecule has 2 N–H and O–H groups in total. The van der Waals surface area contributed by atoms with E-state index in [1.807, 2.05) is 31.3 Å². The van der Waals surface area contributed by atoms with E-state index in [1.165, 1.54) is 11.3 Å². The fourth-order valence-electron chi connectivity index (χ4n) is 3.05. The van der Waals surface area contributed by atoms with Crippen LogP contribution in [0.25, 0.3) is 0 Å². The number of piperidine rings is 1. The summed E-state index contributed by atoms with van der Waals surface area (Å²) in [7, 11) is 0. The molecule has 2 aromatic heterocycles. The van der Waals surface area contributed by atoms with Crippen LogP contribution in [0.15, 0.2) is 30.6 Å². The lowest BCUT2D eigenvalue weighted by molar-refractivity contribution is 0.0752. The molecule has 130 valence electrons. The summed E-state index contributed by atoms with van der Waals surface area (Å²) in [6.45, 7) is 4.95. The fourth-order valence-corrected chi connectivity index (χ4v) is 3.82. The number of rotatable bonds is 6. The highest BCUT2D eigenvalue weighted by Crippen LogP contribution is 2.17. The largest absolute Gasteiger partial charge is 0.390 e. The molecule has 6 nitrogen and oxygen atoms in total. The molecule has 3 rings (SSSR count). The molecule has 1 aliphatic rings. The Labute approximate surface area is 146 Å². The third kappa shape index (κ3) is 4.66. The first-order valence-electron chi connectivity index (χ1n) is 8.35. The molecule has 24 heavy (non-hydrogen) atoms. The van der Waals surface area contributed by atoms with Gasteiger partial charge in [-0.25, -0.2) is 0 Å². The number of thiophene rings is 1. The minimum atomic E-state index is -0.426. The predicted octanol–water partition coefficient (Wildman–Crippen LogP) is 1.51. The predicted molar refractivity (Wildman–Crippen MR) is 94.2 cm³/mol. The molecule has 1 atom stereocenters. The van der Waals surface area contributed by atoms with Crippen molar-refractivity contribution in [1.82, 2.24) is 20.0 Å². The molecular weight excluding hydrogens is 324 g/mol. The molecule has 1 saturated heterocycles. The zero-order valence-electron chi connectivity index (χ0n) is 13.9. The minimum absolute atomic E-state index is 0.0327. The van der Waals surface area contributed by atoms with Gasteiger partial charge >= 0.3 is 0 Å². The molecule has 1 amide bonds. The van der Waals surface area contributed by atoms with Gasteiger partial charge in [-0.1, -0.05) is 0 Å². The molecule has 0 spiro atoms. The van der Waals surface area contributed by atoms with E-state index in [2.05, 4.69) is 15.3 Å². The number of aliphatic hydroxyl groups excluding tert-OH is 1. The Bertz CT molecular complexity index is 647. The van der Waals surface area contributed by atoms with Gasteiger partial charge in [0.25, 0.3) is 5.91 Å². The molecule has 1 aliphatic heterocycles. The summed E-state index contributed by atoms with van der Waals surface area (Å²) in [6.07, 6.45) is 4.99. The Morgan fingerprint density at radius 1 is 1.42 bits per heavy atom. The van der Waals surface area contributed by atoms with Crippen LogP contribution in [0.1, 0.15) is 27.4 Å². The van der Waals surface area contributed by atoms with E-state index in [4.69, 9.17) is 0 Å². The van der Waals surface area contributed by atoms with Gasteiger partial charge in [-0.05, 0) is 38.0 Å². The number of amides is 1. The van der Waals surface area contributed by atoms with Gasteiger partial charge in [0.2, 0.25) is 0 Å². The Morgan fingerprint density at radius 3 is 2.83 bits per heavy atom. The summed E-state index contributed by atoms with van der Waals surface area (Å²) in [5.74, 6) is 0.0327. The molecule has 0 radical (unpaired) electrons. The van der Waals surface area contributed by atoms with Crippen LogP contribution in [0, 0.1) is 6.92 Å². The van der Waals surface area contributed by atoms with Crippen LogP contribution < -0.4 is 5.32 Å². The van der Waals surface area contributed by atoms with E-state index in [1.54, 1.807) is 10.9 Å². The summed E-state index contributed by atoms with van der Waals surface area (Å²) in [5.41, 5.74) is 0. The van der Waals surface area contributed by atoms with Gasteiger partial charge in [-0.15, -0.1) is 11.3 Å². The van der Waals surface area contributed by atoms with Gasteiger partial charge in [0.15, 0.2) is 0 Å². The summed E-state index contributed by atoms with van der Waals surface area (Å²) in [5, 5.41) is 17.4. The van der Waals surface area contributed by atoms with E-state index < -0.39 is 6.10 Å². The van der Waals surface area contributed by atoms with Crippen molar-refractivity contribution in [2.45, 2.75) is 38.5 Å². The lowest BCUT2D eigenvalue weighted by atomic mass is 10.0. The van der Waals surface area contributed by atoms with Crippen LogP contribution in [-0.2, 0) is 6.54 Å². The van der Waals surface area contributed by atoms with Gasteiger partial charge in [0.05, 0.1) is 17.5 Å². The van der Waals surface area contributed by atoms with E-state index in [9.17, 15) is 9.90 Å². The van der Waals surface area contributed by atoms with Crippen LogP contribution in [0.2, 0.25) is 0 Å². The molecule has 0 bridgehead atoms. The number of aliphatic hydroxyl groups is 1. The van der Waals surface area contributed by atoms with Crippen molar-refractivity contribution >= 4 is 17.2 Å². The highest BCUT2D eigenvalue weighted by Gasteiger charge is 2.23. The molecule has 0 saturated carbocycles. The second-order valence-corrected chi connectivity index (χ2v) is 7.63. The van der Waals surface area contributed by atoms with Crippen molar-refractivity contribution in [3.8, 4) is 0 Å². The highest BCUT2D eigenvalue weighted by molar-refractivity contribution is 7.13. The fraction of sp³-hybridized carbons (Fsp3) is 0.529. The molecular formula is C17H24N4O2S. The van der Waals surface area contributed by atoms with E-state index in [0.717, 1.165) is 35.7 Å². The quantitative estimate of drug-likeness (QED) is 0.830. The number of hydrogen-bond donors (Lipinski definition) is 2. The smallest absolute Gasteiger partial charge is 0.261 e. The molecule has 3 heterocycles. The van der Waals surface area contributed by atoms with Gasteiger partial charge < -0.3 is 15.3 Å². The number of likely N-dealkylation sites (tertiary alicyclic amines) is 1. The van der Waals surface area contributed by atoms with Crippen molar-refractivity contribution < 1.29 is 9.90 Å². The summed E-state index contributed by atoms with van der Waals surface area (Å²) in [4.78, 5) is 16.4. The van der Waals surface area contributed by atoms with Crippen LogP contribution >= 0.6 is 11.3 Å². The lowest BCUT2D eigenvalue weighted by Gasteiger charge is -2.33. The van der Waals surface area contributed by atoms with Crippen LogP contribution in [-0.4, -0.2) is 57.5 Å². The second kappa shape index (κ2) is 7.92. The number of β-amino-alcohol motifs (C(OH)–C–C–N with tert-alkyl or cyclic N) is 1. The number of carbonyl (C=O) groups excluding carboxylic acids is 1. The number of aryl methyl sites for hydroxylation is 1. The second-order valence-electron chi connectivity index (χ2n) is 6.34. The van der Waals surface area contributed by atoms with Crippen molar-refractivity contribution in [2.24, 2.45) is 0 Å². The maximum Gasteiger partial charge on any atom is 0.261 e. The highest BCUT2D eigenvalue weighted by atomic mass is 32.1. The molecule has 1 fully saturated rings. The van der Waals surface area contributed by atoms with Gasteiger partial charge in [-0.2, -0.15) is 5.10 Å². The zero-order valence-corrected chi connectivity index (χ0v) is 14.7. The normalized spacial score (nSPS) is 17.8. The SMILES string of the molecule is Cc1ccc(C(=O)NC2CCN(CC(O)Cn3cccn3)CC2)s1. The van der Waals surface area contributed by atoms with Crippen molar-refractivity contribution in [2.75, 3.05) is 19.6 Å². The number of nitrogens with zero attached hydrogens (tertiary/aromatic N) is 3. The molecule has 1 unspecified atom stereocenters. The first kappa shape index (κ1) is 17.1. The number of aromatic nitrogens is 2. The van der Waals surface area contributed by atoms with Crippen molar-refractivity contribution in [3.63, 3.8) is 0 Å². The minimum Gasteiger partial charge on any atom is -0.390 e. The summed E-state index contributed by atoms with van der Waals surface area (Å²) in [6, 6.07) is 5.94. The maximum atomic E-state index is 12.2. The number of carbonyl (C=O) groups is 1. The topological polar surface area (TPSA) is 70.4 Å². The van der Waals surface area contributed by atoms with Gasteiger partial charge in [-0.3, -0.25) is 9.48 Å². The molecule has 2 aromatic rings. The first-order valence-corrected chi connectivity index (χ1v) is 9.17. The van der Waals surface area contributed by atoms with Gasteiger partial charge in [0.1, 0.15) is 0 Å². The van der Waals surface area contributed by atoms with Crippen LogP contribution in [0.5, 0.6) is 0 Å². The summed E-state index contributed by atoms with van der Waals surface area (Å²) >= 11 is 1.53. The lowest BCUT2D eigenvalue weighted by Crippen LogP contribution is -2.46. The summed E-state index contributed by atoms with van der Waals surface area (Å²) < 4.78 is 1.75. The average Bonchev–Trinajstić information content (AvgIpc) is 3.21. The Morgan fingerprint density at radius 2 is 2.21 bits per heavy atom.